The summed E-state index contributed by atoms with van der Waals surface area (Å²) in [5.41, 5.74) is -0.825. The smallest absolute Gasteiger partial charge is 0.544 e. The van der Waals surface area contributed by atoms with Gasteiger partial charge < -0.3 is 9.90 Å². The van der Waals surface area contributed by atoms with E-state index in [-0.39, 0.29) is 18.9 Å². The molecule has 0 fully saturated rings. The minimum atomic E-state index is -4.07. The molecule has 1 heterocycles. The molecule has 3 nitrogen and oxygen atoms in total. The van der Waals surface area contributed by atoms with Crippen molar-refractivity contribution in [3.63, 3.8) is 0 Å². The number of halogens is 3. The number of carbonyl (C=O) groups is 1. The molecule has 0 saturated heterocycles. The Hall–Kier alpha value is -0.153. The molecule has 0 spiro atoms. The van der Waals surface area contributed by atoms with Gasteiger partial charge in [0.25, 0.3) is 0 Å². The normalized spacial score (nSPS) is 10.7. The predicted octanol–water partition coefficient (Wildman–Crippen LogP) is -2.36. The molecule has 0 bridgehead atoms. The van der Waals surface area contributed by atoms with E-state index in [2.05, 4.69) is 4.37 Å². The van der Waals surface area contributed by atoms with Crippen molar-refractivity contribution >= 4 is 29.1 Å². The molecule has 0 aliphatic carbocycles. The van der Waals surface area contributed by atoms with Gasteiger partial charge in [0, 0.05) is 5.38 Å². The second kappa shape index (κ2) is 4.38. The predicted molar refractivity (Wildman–Crippen MR) is 36.0 cm³/mol. The number of carboxylic acids is 1. The van der Waals surface area contributed by atoms with Crippen molar-refractivity contribution in [3.8, 4) is 0 Å². The van der Waals surface area contributed by atoms with Crippen LogP contribution in [-0.4, -0.2) is 10.3 Å². The first-order valence-corrected chi connectivity index (χ1v) is 3.87. The van der Waals surface area contributed by atoms with Gasteiger partial charge in [0.2, 0.25) is 0 Å². The minimum absolute atomic E-state index is 0. The first kappa shape index (κ1) is 12.8. The van der Waals surface area contributed by atoms with E-state index in [1.807, 2.05) is 0 Å². The molecule has 0 atom stereocenters. The van der Waals surface area contributed by atoms with Gasteiger partial charge in [-0.05, 0) is 11.5 Å². The van der Waals surface area contributed by atoms with Gasteiger partial charge in [0.05, 0.1) is 5.56 Å². The van der Waals surface area contributed by atoms with Crippen molar-refractivity contribution in [3.05, 3.63) is 16.1 Å². The first-order chi connectivity index (χ1) is 5.46. The third kappa shape index (κ3) is 2.41. The van der Waals surface area contributed by atoms with Gasteiger partial charge in [0.15, 0.2) is 5.15 Å². The van der Waals surface area contributed by atoms with Crippen molar-refractivity contribution in [1.82, 2.24) is 4.37 Å². The maximum absolute atomic E-state index is 12.6. The third-order valence-electron chi connectivity index (χ3n) is 1.12. The number of nitrogens with zero attached hydrogens (tertiary/aromatic N) is 1. The fourth-order valence-corrected chi connectivity index (χ4v) is 1.50. The maximum atomic E-state index is 12.6. The molecule has 0 unspecified atom stereocenters. The summed E-state index contributed by atoms with van der Waals surface area (Å²) in [5.74, 6) is -6.55. The first-order valence-electron chi connectivity index (χ1n) is 2.66. The Kier molecular flexibility index (Phi) is 4.33. The Morgan fingerprint density at radius 3 is 2.54 bits per heavy atom. The summed E-state index contributed by atoms with van der Waals surface area (Å²) < 4.78 is 28.5. The maximum Gasteiger partial charge on any atom is 1.00 e. The average molecular weight is 220 g/mol. The molecule has 8 heteroatoms. The molecule has 1 aromatic rings. The second-order valence-electron chi connectivity index (χ2n) is 1.88. The Morgan fingerprint density at radius 2 is 2.23 bits per heavy atom. The topological polar surface area (TPSA) is 53.0 Å². The van der Waals surface area contributed by atoms with Crippen molar-refractivity contribution in [1.29, 1.82) is 0 Å². The summed E-state index contributed by atoms with van der Waals surface area (Å²) in [6, 6.07) is 0. The molecule has 66 valence electrons. The van der Waals surface area contributed by atoms with Crippen LogP contribution in [0.5, 0.6) is 0 Å². The van der Waals surface area contributed by atoms with E-state index in [4.69, 9.17) is 11.6 Å². The van der Waals surface area contributed by atoms with Crippen LogP contribution < -0.4 is 24.0 Å². The quantitative estimate of drug-likeness (QED) is 0.523. The molecule has 0 saturated carbocycles. The molecule has 1 aromatic heterocycles. The van der Waals surface area contributed by atoms with E-state index in [0.717, 1.165) is 5.38 Å². The van der Waals surface area contributed by atoms with Crippen LogP contribution in [-0.2, 0) is 10.7 Å². The number of carboxylic acid groups (broad SMARTS) is 1. The van der Waals surface area contributed by atoms with E-state index in [9.17, 15) is 18.7 Å². The molecule has 0 N–H and O–H groups in total. The number of alkyl halides is 2. The van der Waals surface area contributed by atoms with E-state index in [0.29, 0.717) is 11.5 Å². The molecule has 0 aromatic carbocycles. The van der Waals surface area contributed by atoms with Gasteiger partial charge in [-0.3, -0.25) is 0 Å². The fraction of sp³-hybridized carbons (Fsp3) is 0.200. The van der Waals surface area contributed by atoms with Gasteiger partial charge >= 0.3 is 24.8 Å². The summed E-state index contributed by atoms with van der Waals surface area (Å²) >= 11 is 5.85. The van der Waals surface area contributed by atoms with Crippen LogP contribution in [0, 0.1) is 0 Å². The molecule has 13 heavy (non-hydrogen) atoms. The SMILES string of the molecule is O=C([O-])C(F)(F)c1csnc1Cl.[Li+]. The van der Waals surface area contributed by atoms with Gasteiger partial charge in [-0.15, -0.1) is 0 Å². The van der Waals surface area contributed by atoms with Crippen LogP contribution in [0.2, 0.25) is 5.15 Å². The van der Waals surface area contributed by atoms with Crippen LogP contribution in [0.3, 0.4) is 0 Å². The van der Waals surface area contributed by atoms with Crippen LogP contribution >= 0.6 is 23.1 Å². The van der Waals surface area contributed by atoms with Gasteiger partial charge in [-0.25, -0.2) is 0 Å². The Bertz CT molecular complexity index is 319. The second-order valence-corrected chi connectivity index (χ2v) is 2.87. The number of carbonyl (C=O) groups excluding carboxylic acids is 1. The Balaban J connectivity index is 0.00000144. The van der Waals surface area contributed by atoms with Gasteiger partial charge in [-0.1, -0.05) is 11.6 Å². The number of aliphatic carboxylic acids is 1. The summed E-state index contributed by atoms with van der Waals surface area (Å²) in [7, 11) is 0. The van der Waals surface area contributed by atoms with Crippen molar-refractivity contribution < 1.29 is 37.5 Å². The molecule has 0 radical (unpaired) electrons. The third-order valence-corrected chi connectivity index (χ3v) is 2.14. The molecule has 0 aliphatic heterocycles. The monoisotopic (exact) mass is 219 g/mol. The van der Waals surface area contributed by atoms with E-state index < -0.39 is 22.6 Å². The standard InChI is InChI=1S/C5H2ClF2NO2S.Li/c6-3-2(1-12-9-3)5(7,8)4(10)11;/h1H,(H,10,11);/q;+1/p-1. The van der Waals surface area contributed by atoms with Crippen molar-refractivity contribution in [2.45, 2.75) is 5.92 Å². The number of hydrogen-bond donors (Lipinski definition) is 0. The number of hydrogen-bond acceptors (Lipinski definition) is 4. The molecule has 0 aliphatic rings. The number of rotatable bonds is 2. The fourth-order valence-electron chi connectivity index (χ4n) is 0.537. The Morgan fingerprint density at radius 1 is 1.69 bits per heavy atom. The van der Waals surface area contributed by atoms with Gasteiger partial charge in [-0.2, -0.15) is 13.2 Å². The molecule has 0 amide bonds. The van der Waals surface area contributed by atoms with E-state index in [1.54, 1.807) is 0 Å². The number of aromatic nitrogens is 1. The zero-order valence-electron chi connectivity index (χ0n) is 6.38. The molecular formula is C5HClF2LiNO2S. The summed E-state index contributed by atoms with van der Waals surface area (Å²) in [4.78, 5) is 9.93. The van der Waals surface area contributed by atoms with E-state index >= 15 is 0 Å². The van der Waals surface area contributed by atoms with Crippen molar-refractivity contribution in [2.24, 2.45) is 0 Å². The van der Waals surface area contributed by atoms with Gasteiger partial charge in [0.1, 0.15) is 5.97 Å². The zero-order chi connectivity index (χ0) is 9.35. The summed E-state index contributed by atoms with van der Waals surface area (Å²) in [6.07, 6.45) is 0. The van der Waals surface area contributed by atoms with Crippen LogP contribution in [0.15, 0.2) is 5.38 Å². The molecule has 1 rings (SSSR count). The largest absolute Gasteiger partial charge is 1.00 e. The van der Waals surface area contributed by atoms with Crippen LogP contribution in [0.1, 0.15) is 5.56 Å². The Labute approximate surface area is 93.1 Å². The van der Waals surface area contributed by atoms with Crippen molar-refractivity contribution in [2.75, 3.05) is 0 Å². The zero-order valence-corrected chi connectivity index (χ0v) is 7.96. The van der Waals surface area contributed by atoms with Crippen LogP contribution in [0.4, 0.5) is 8.78 Å². The molecular weight excluding hydrogens is 219 g/mol. The van der Waals surface area contributed by atoms with Crippen LogP contribution in [0.25, 0.3) is 0 Å². The average Bonchev–Trinajstić information content (AvgIpc) is 2.35. The summed E-state index contributed by atoms with van der Waals surface area (Å²) in [6.45, 7) is 0. The minimum Gasteiger partial charge on any atom is -0.544 e. The van der Waals surface area contributed by atoms with E-state index in [1.165, 1.54) is 0 Å². The summed E-state index contributed by atoms with van der Waals surface area (Å²) in [5, 5.41) is 10.3.